The Labute approximate surface area is 85.3 Å². The lowest BCUT2D eigenvalue weighted by molar-refractivity contribution is 0.101. The average Bonchev–Trinajstić information content (AvgIpc) is 2.66. The predicted octanol–water partition coefficient (Wildman–Crippen LogP) is 1.03. The molecule has 6 nitrogen and oxygen atoms in total. The molecule has 6 heteroatoms. The Kier molecular flexibility index (Phi) is 2.40. The van der Waals surface area contributed by atoms with Gasteiger partial charge in [0.05, 0.1) is 11.9 Å². The van der Waals surface area contributed by atoms with Crippen LogP contribution in [0, 0.1) is 6.92 Å². The van der Waals surface area contributed by atoms with Gasteiger partial charge in [0.1, 0.15) is 5.69 Å². The summed E-state index contributed by atoms with van der Waals surface area (Å²) in [6, 6.07) is 3.46. The van der Waals surface area contributed by atoms with Crippen LogP contribution in [0.1, 0.15) is 16.2 Å². The van der Waals surface area contributed by atoms with Crippen molar-refractivity contribution < 1.29 is 9.42 Å². The average molecular weight is 204 g/mol. The SMILES string of the molecule is Cc1nonc1C(=O)Nc1cccnc1. The molecule has 2 aromatic heterocycles. The largest absolute Gasteiger partial charge is 0.319 e. The fourth-order valence-electron chi connectivity index (χ4n) is 1.06. The first-order valence-electron chi connectivity index (χ1n) is 4.28. The molecule has 2 heterocycles. The summed E-state index contributed by atoms with van der Waals surface area (Å²) in [5.74, 6) is -0.359. The third kappa shape index (κ3) is 1.98. The molecule has 0 aliphatic carbocycles. The van der Waals surface area contributed by atoms with Crippen molar-refractivity contribution in [3.63, 3.8) is 0 Å². The Balaban J connectivity index is 2.15. The maximum absolute atomic E-state index is 11.6. The second-order valence-electron chi connectivity index (χ2n) is 2.89. The molecule has 0 aliphatic rings. The smallest absolute Gasteiger partial charge is 0.279 e. The van der Waals surface area contributed by atoms with E-state index in [2.05, 4.69) is 25.2 Å². The van der Waals surface area contributed by atoms with Gasteiger partial charge in [-0.3, -0.25) is 9.78 Å². The quantitative estimate of drug-likeness (QED) is 0.789. The van der Waals surface area contributed by atoms with Crippen LogP contribution < -0.4 is 5.32 Å². The van der Waals surface area contributed by atoms with E-state index < -0.39 is 0 Å². The summed E-state index contributed by atoms with van der Waals surface area (Å²) >= 11 is 0. The van der Waals surface area contributed by atoms with Crippen molar-refractivity contribution in [1.82, 2.24) is 15.3 Å². The molecule has 1 N–H and O–H groups in total. The lowest BCUT2D eigenvalue weighted by Crippen LogP contribution is -2.13. The molecule has 76 valence electrons. The molecular weight excluding hydrogens is 196 g/mol. The first-order valence-corrected chi connectivity index (χ1v) is 4.28. The lowest BCUT2D eigenvalue weighted by atomic mass is 10.3. The molecule has 0 aliphatic heterocycles. The van der Waals surface area contributed by atoms with Crippen LogP contribution in [0.15, 0.2) is 29.2 Å². The standard InChI is InChI=1S/C9H8N4O2/c1-6-8(13-15-12-6)9(14)11-7-3-2-4-10-5-7/h2-5H,1H3,(H,11,14). The van der Waals surface area contributed by atoms with Crippen LogP contribution in [-0.4, -0.2) is 21.2 Å². The van der Waals surface area contributed by atoms with Crippen molar-refractivity contribution in [3.05, 3.63) is 35.9 Å². The van der Waals surface area contributed by atoms with E-state index in [1.807, 2.05) is 0 Å². The van der Waals surface area contributed by atoms with E-state index in [1.165, 1.54) is 0 Å². The van der Waals surface area contributed by atoms with E-state index in [4.69, 9.17) is 0 Å². The Bertz CT molecular complexity index is 466. The van der Waals surface area contributed by atoms with Crippen molar-refractivity contribution in [2.45, 2.75) is 6.92 Å². The fraction of sp³-hybridized carbons (Fsp3) is 0.111. The molecule has 2 rings (SSSR count). The highest BCUT2D eigenvalue weighted by Crippen LogP contribution is 2.07. The topological polar surface area (TPSA) is 80.9 Å². The summed E-state index contributed by atoms with van der Waals surface area (Å²) in [5, 5.41) is 9.63. The van der Waals surface area contributed by atoms with Gasteiger partial charge in [0.15, 0.2) is 5.69 Å². The van der Waals surface area contributed by atoms with Crippen molar-refractivity contribution in [1.29, 1.82) is 0 Å². The molecule has 0 spiro atoms. The normalized spacial score (nSPS) is 9.93. The number of aromatic nitrogens is 3. The minimum absolute atomic E-state index is 0.179. The van der Waals surface area contributed by atoms with Gasteiger partial charge in [0, 0.05) is 6.20 Å². The van der Waals surface area contributed by atoms with Crippen LogP contribution in [0.4, 0.5) is 5.69 Å². The Morgan fingerprint density at radius 2 is 2.33 bits per heavy atom. The molecule has 0 saturated carbocycles. The zero-order valence-electron chi connectivity index (χ0n) is 7.97. The Morgan fingerprint density at radius 3 is 2.93 bits per heavy atom. The molecule has 0 aromatic carbocycles. The minimum Gasteiger partial charge on any atom is -0.319 e. The molecule has 0 bridgehead atoms. The first-order chi connectivity index (χ1) is 7.27. The second kappa shape index (κ2) is 3.87. The second-order valence-corrected chi connectivity index (χ2v) is 2.89. The maximum Gasteiger partial charge on any atom is 0.279 e. The molecule has 0 unspecified atom stereocenters. The zero-order chi connectivity index (χ0) is 10.7. The molecule has 0 fully saturated rings. The number of nitrogens with one attached hydrogen (secondary N) is 1. The number of nitrogens with zero attached hydrogens (tertiary/aromatic N) is 3. The van der Waals surface area contributed by atoms with Crippen LogP contribution in [0.3, 0.4) is 0 Å². The number of aryl methyl sites for hydroxylation is 1. The van der Waals surface area contributed by atoms with Gasteiger partial charge in [-0.1, -0.05) is 5.16 Å². The third-order valence-electron chi connectivity index (χ3n) is 1.79. The fourth-order valence-corrected chi connectivity index (χ4v) is 1.06. The number of amides is 1. The summed E-state index contributed by atoms with van der Waals surface area (Å²) < 4.78 is 4.43. The number of carbonyl (C=O) groups is 1. The highest BCUT2D eigenvalue weighted by atomic mass is 16.6. The maximum atomic E-state index is 11.6. The van der Waals surface area contributed by atoms with Gasteiger partial charge in [0.2, 0.25) is 0 Å². The summed E-state index contributed by atoms with van der Waals surface area (Å²) in [5.41, 5.74) is 1.24. The van der Waals surface area contributed by atoms with Crippen LogP contribution in [0.25, 0.3) is 0 Å². The van der Waals surface area contributed by atoms with Crippen molar-refractivity contribution in [2.75, 3.05) is 5.32 Å². The van der Waals surface area contributed by atoms with Crippen LogP contribution in [-0.2, 0) is 0 Å². The van der Waals surface area contributed by atoms with Crippen LogP contribution in [0.2, 0.25) is 0 Å². The molecule has 0 radical (unpaired) electrons. The minimum atomic E-state index is -0.359. The van der Waals surface area contributed by atoms with E-state index in [0.717, 1.165) is 0 Å². The predicted molar refractivity (Wildman–Crippen MR) is 51.2 cm³/mol. The van der Waals surface area contributed by atoms with Crippen molar-refractivity contribution in [2.24, 2.45) is 0 Å². The number of anilines is 1. The molecule has 0 saturated heterocycles. The van der Waals surface area contributed by atoms with Gasteiger partial charge < -0.3 is 5.32 Å². The number of pyridine rings is 1. The zero-order valence-corrected chi connectivity index (χ0v) is 7.97. The lowest BCUT2D eigenvalue weighted by Gasteiger charge is -2.00. The number of hydrogen-bond acceptors (Lipinski definition) is 5. The van der Waals surface area contributed by atoms with E-state index in [1.54, 1.807) is 31.5 Å². The van der Waals surface area contributed by atoms with Crippen molar-refractivity contribution in [3.8, 4) is 0 Å². The molecule has 2 aromatic rings. The number of carbonyl (C=O) groups excluding carboxylic acids is 1. The van der Waals surface area contributed by atoms with Crippen LogP contribution >= 0.6 is 0 Å². The molecule has 15 heavy (non-hydrogen) atoms. The van der Waals surface area contributed by atoms with Crippen molar-refractivity contribution >= 4 is 11.6 Å². The summed E-state index contributed by atoms with van der Waals surface area (Å²) in [7, 11) is 0. The third-order valence-corrected chi connectivity index (χ3v) is 1.79. The van der Waals surface area contributed by atoms with Crippen LogP contribution in [0.5, 0.6) is 0 Å². The summed E-state index contributed by atoms with van der Waals surface area (Å²) in [4.78, 5) is 15.5. The van der Waals surface area contributed by atoms with E-state index >= 15 is 0 Å². The van der Waals surface area contributed by atoms with E-state index in [0.29, 0.717) is 11.4 Å². The van der Waals surface area contributed by atoms with E-state index in [-0.39, 0.29) is 11.6 Å². The Morgan fingerprint density at radius 1 is 1.47 bits per heavy atom. The number of rotatable bonds is 2. The highest BCUT2D eigenvalue weighted by Gasteiger charge is 2.14. The van der Waals surface area contributed by atoms with Gasteiger partial charge in [-0.05, 0) is 24.2 Å². The number of hydrogen-bond donors (Lipinski definition) is 1. The van der Waals surface area contributed by atoms with Gasteiger partial charge in [-0.2, -0.15) is 0 Å². The molecule has 1 amide bonds. The molecular formula is C9H8N4O2. The monoisotopic (exact) mass is 204 g/mol. The van der Waals surface area contributed by atoms with Gasteiger partial charge in [-0.15, -0.1) is 0 Å². The van der Waals surface area contributed by atoms with Gasteiger partial charge in [0.25, 0.3) is 5.91 Å². The summed E-state index contributed by atoms with van der Waals surface area (Å²) in [6.07, 6.45) is 3.17. The summed E-state index contributed by atoms with van der Waals surface area (Å²) in [6.45, 7) is 1.65. The molecule has 0 atom stereocenters. The van der Waals surface area contributed by atoms with E-state index in [9.17, 15) is 4.79 Å². The first kappa shape index (κ1) is 9.32. The highest BCUT2D eigenvalue weighted by molar-refractivity contribution is 6.03. The van der Waals surface area contributed by atoms with Gasteiger partial charge in [-0.25, -0.2) is 4.63 Å². The van der Waals surface area contributed by atoms with Gasteiger partial charge >= 0.3 is 0 Å². The Hall–Kier alpha value is -2.24.